The van der Waals surface area contributed by atoms with Crippen LogP contribution in [-0.2, 0) is 15.6 Å². The van der Waals surface area contributed by atoms with E-state index in [2.05, 4.69) is 15.0 Å². The maximum atomic E-state index is 12.7. The Bertz CT molecular complexity index is 1050. The third-order valence-electron chi connectivity index (χ3n) is 4.59. The van der Waals surface area contributed by atoms with Gasteiger partial charge in [0.25, 0.3) is 0 Å². The highest BCUT2D eigenvalue weighted by molar-refractivity contribution is 7.89. The Hall–Kier alpha value is -1.74. The van der Waals surface area contributed by atoms with Crippen molar-refractivity contribution in [2.75, 3.05) is 13.1 Å². The predicted octanol–water partition coefficient (Wildman–Crippen LogP) is 3.24. The molecule has 1 aromatic heterocycles. The molecular weight excluding hydrogens is 445 g/mol. The van der Waals surface area contributed by atoms with Crippen LogP contribution < -0.4 is 10.0 Å². The fraction of sp³-hybridized carbons (Fsp3) is 0.286. The summed E-state index contributed by atoms with van der Waals surface area (Å²) in [5, 5.41) is 15.5. The van der Waals surface area contributed by atoms with Gasteiger partial charge in [-0.2, -0.15) is 0 Å². The average molecular weight is 472 g/mol. The van der Waals surface area contributed by atoms with Crippen molar-refractivity contribution in [2.24, 2.45) is 0 Å². The maximum Gasteiger partial charge on any atom is 0.240 e. The van der Waals surface area contributed by atoms with Crippen molar-refractivity contribution >= 4 is 45.6 Å². The van der Waals surface area contributed by atoms with E-state index in [1.165, 1.54) is 0 Å². The Morgan fingerprint density at radius 3 is 2.47 bits per heavy atom. The molecule has 0 fully saturated rings. The van der Waals surface area contributed by atoms with Gasteiger partial charge in [-0.05, 0) is 43.0 Å². The first kappa shape index (κ1) is 26.3. The van der Waals surface area contributed by atoms with Crippen molar-refractivity contribution < 1.29 is 13.5 Å². The summed E-state index contributed by atoms with van der Waals surface area (Å²) in [6, 6.07) is 15.8. The highest BCUT2D eigenvalue weighted by Crippen LogP contribution is 2.20. The predicted molar refractivity (Wildman–Crippen MR) is 125 cm³/mol. The topological polar surface area (TPSA) is 91.3 Å². The van der Waals surface area contributed by atoms with Crippen LogP contribution in [0.2, 0.25) is 0 Å². The van der Waals surface area contributed by atoms with Crippen LogP contribution in [0.15, 0.2) is 71.9 Å². The molecule has 0 saturated heterocycles. The van der Waals surface area contributed by atoms with Crippen LogP contribution in [-0.4, -0.2) is 37.6 Å². The SMILES string of the molecule is C[C@H](CNC[C@@](C)(O)c1ccccc1)NS(=O)(=O)c1ccc2cnccc2c1.Cl.Cl. The highest BCUT2D eigenvalue weighted by Gasteiger charge is 2.23. The van der Waals surface area contributed by atoms with Crippen LogP contribution in [0, 0.1) is 0 Å². The summed E-state index contributed by atoms with van der Waals surface area (Å²) in [7, 11) is -3.64. The molecule has 3 rings (SSSR count). The fourth-order valence-electron chi connectivity index (χ4n) is 3.03. The minimum Gasteiger partial charge on any atom is -0.384 e. The molecule has 1 heterocycles. The summed E-state index contributed by atoms with van der Waals surface area (Å²) in [5.74, 6) is 0. The number of aromatic nitrogens is 1. The molecule has 3 aromatic rings. The van der Waals surface area contributed by atoms with Crippen LogP contribution in [0.3, 0.4) is 0 Å². The second kappa shape index (κ2) is 11.0. The summed E-state index contributed by atoms with van der Waals surface area (Å²) in [5.41, 5.74) is -0.229. The smallest absolute Gasteiger partial charge is 0.240 e. The van der Waals surface area contributed by atoms with Gasteiger partial charge in [0, 0.05) is 36.9 Å². The van der Waals surface area contributed by atoms with Gasteiger partial charge < -0.3 is 10.4 Å². The van der Waals surface area contributed by atoms with E-state index in [0.717, 1.165) is 16.3 Å². The number of nitrogens with one attached hydrogen (secondary N) is 2. The summed E-state index contributed by atoms with van der Waals surface area (Å²) in [4.78, 5) is 4.25. The molecule has 0 unspecified atom stereocenters. The Balaban J connectivity index is 0.00000225. The van der Waals surface area contributed by atoms with E-state index in [4.69, 9.17) is 0 Å². The Kier molecular flexibility index (Phi) is 9.68. The van der Waals surface area contributed by atoms with E-state index in [1.807, 2.05) is 30.3 Å². The molecule has 0 saturated carbocycles. The number of nitrogens with zero attached hydrogens (tertiary/aromatic N) is 1. The first-order valence-electron chi connectivity index (χ1n) is 9.13. The van der Waals surface area contributed by atoms with Crippen molar-refractivity contribution in [1.29, 1.82) is 0 Å². The number of hydrogen-bond acceptors (Lipinski definition) is 5. The summed E-state index contributed by atoms with van der Waals surface area (Å²) in [6.45, 7) is 4.21. The number of pyridine rings is 1. The molecule has 0 aliphatic carbocycles. The van der Waals surface area contributed by atoms with Crippen molar-refractivity contribution in [3.05, 3.63) is 72.6 Å². The monoisotopic (exact) mass is 471 g/mol. The fourth-order valence-corrected chi connectivity index (χ4v) is 4.31. The number of halogens is 2. The lowest BCUT2D eigenvalue weighted by atomic mass is 9.96. The highest BCUT2D eigenvalue weighted by atomic mass is 35.5. The van der Waals surface area contributed by atoms with Crippen molar-refractivity contribution in [1.82, 2.24) is 15.0 Å². The maximum absolute atomic E-state index is 12.7. The van der Waals surface area contributed by atoms with Crippen LogP contribution in [0.25, 0.3) is 10.8 Å². The van der Waals surface area contributed by atoms with E-state index in [1.54, 1.807) is 50.5 Å². The second-order valence-electron chi connectivity index (χ2n) is 7.18. The lowest BCUT2D eigenvalue weighted by Gasteiger charge is -2.25. The minimum absolute atomic E-state index is 0. The zero-order chi connectivity index (χ0) is 20.2. The molecule has 0 aliphatic rings. The molecule has 2 aromatic carbocycles. The van der Waals surface area contributed by atoms with Gasteiger partial charge in [-0.25, -0.2) is 13.1 Å². The van der Waals surface area contributed by atoms with Crippen molar-refractivity contribution in [3.8, 4) is 0 Å². The zero-order valence-electron chi connectivity index (χ0n) is 16.8. The normalized spacial score (nSPS) is 14.2. The molecular formula is C21H27Cl2N3O3S. The molecule has 0 spiro atoms. The van der Waals surface area contributed by atoms with Crippen molar-refractivity contribution in [3.63, 3.8) is 0 Å². The van der Waals surface area contributed by atoms with Crippen LogP contribution >= 0.6 is 24.8 Å². The average Bonchev–Trinajstić information content (AvgIpc) is 2.67. The third-order valence-corrected chi connectivity index (χ3v) is 6.18. The van der Waals surface area contributed by atoms with Gasteiger partial charge in [-0.15, -0.1) is 24.8 Å². The van der Waals surface area contributed by atoms with Gasteiger partial charge in [0.05, 0.1) is 10.5 Å². The lowest BCUT2D eigenvalue weighted by Crippen LogP contribution is -2.44. The number of benzene rings is 2. The largest absolute Gasteiger partial charge is 0.384 e. The molecule has 9 heteroatoms. The van der Waals surface area contributed by atoms with E-state index >= 15 is 0 Å². The van der Waals surface area contributed by atoms with Crippen LogP contribution in [0.1, 0.15) is 19.4 Å². The van der Waals surface area contributed by atoms with Crippen molar-refractivity contribution in [2.45, 2.75) is 30.4 Å². The molecule has 30 heavy (non-hydrogen) atoms. The quantitative estimate of drug-likeness (QED) is 0.468. The van der Waals surface area contributed by atoms with E-state index in [-0.39, 0.29) is 35.8 Å². The molecule has 164 valence electrons. The van der Waals surface area contributed by atoms with Gasteiger partial charge in [0.1, 0.15) is 0 Å². The molecule has 6 nitrogen and oxygen atoms in total. The minimum atomic E-state index is -3.64. The van der Waals surface area contributed by atoms with E-state index in [0.29, 0.717) is 13.1 Å². The van der Waals surface area contributed by atoms with Gasteiger partial charge in [-0.3, -0.25) is 4.98 Å². The summed E-state index contributed by atoms with van der Waals surface area (Å²) < 4.78 is 28.0. The number of hydrogen-bond donors (Lipinski definition) is 3. The first-order chi connectivity index (χ1) is 13.3. The molecule has 2 atom stereocenters. The number of fused-ring (bicyclic) bond motifs is 1. The van der Waals surface area contributed by atoms with Gasteiger partial charge in [0.15, 0.2) is 0 Å². The van der Waals surface area contributed by atoms with E-state index < -0.39 is 15.6 Å². The zero-order valence-corrected chi connectivity index (χ0v) is 19.2. The molecule has 0 amide bonds. The van der Waals surface area contributed by atoms with Gasteiger partial charge in [-0.1, -0.05) is 36.4 Å². The number of aliphatic hydroxyl groups is 1. The second-order valence-corrected chi connectivity index (χ2v) is 8.89. The molecule has 0 bridgehead atoms. The summed E-state index contributed by atoms with van der Waals surface area (Å²) >= 11 is 0. The molecule has 3 N–H and O–H groups in total. The Morgan fingerprint density at radius 2 is 1.77 bits per heavy atom. The first-order valence-corrected chi connectivity index (χ1v) is 10.6. The number of rotatable bonds is 8. The molecule has 0 radical (unpaired) electrons. The van der Waals surface area contributed by atoms with E-state index in [9.17, 15) is 13.5 Å². The molecule has 0 aliphatic heterocycles. The van der Waals surface area contributed by atoms with Gasteiger partial charge in [0.2, 0.25) is 10.0 Å². The lowest BCUT2D eigenvalue weighted by molar-refractivity contribution is 0.0568. The standard InChI is InChI=1S/C21H25N3O3S.2ClH/c1-16(13-23-15-21(2,25)19-6-4-3-5-7-19)24-28(26,27)20-9-8-18-14-22-11-10-17(18)12-20;;/h3-12,14,16,23-25H,13,15H2,1-2H3;2*1H/t16-,21-;;/m1../s1. The third kappa shape index (κ3) is 6.63. The van der Waals surface area contributed by atoms with Crippen LogP contribution in [0.5, 0.6) is 0 Å². The van der Waals surface area contributed by atoms with Crippen LogP contribution in [0.4, 0.5) is 0 Å². The Morgan fingerprint density at radius 1 is 1.07 bits per heavy atom. The Labute approximate surface area is 190 Å². The summed E-state index contributed by atoms with van der Waals surface area (Å²) in [6.07, 6.45) is 3.33. The number of sulfonamides is 1. The van der Waals surface area contributed by atoms with Gasteiger partial charge >= 0.3 is 0 Å².